The van der Waals surface area contributed by atoms with Crippen LogP contribution >= 0.6 is 0 Å². The average molecular weight is 425 g/mol. The van der Waals surface area contributed by atoms with Gasteiger partial charge in [0.15, 0.2) is 0 Å². The maximum Gasteiger partial charge on any atom is 0.313 e. The summed E-state index contributed by atoms with van der Waals surface area (Å²) >= 11 is 0. The van der Waals surface area contributed by atoms with Crippen molar-refractivity contribution in [3.8, 4) is 0 Å². The molecule has 176 valence electrons. The summed E-state index contributed by atoms with van der Waals surface area (Å²) in [5.74, 6) is -0.737. The largest absolute Gasteiger partial charge is 0.393 e. The lowest BCUT2D eigenvalue weighted by Crippen LogP contribution is -2.11. The highest BCUT2D eigenvalue weighted by atomic mass is 16.6. The maximum absolute atomic E-state index is 11.7. The molecule has 0 aliphatic heterocycles. The number of ether oxygens (including phenoxy) is 1. The van der Waals surface area contributed by atoms with Gasteiger partial charge in [0, 0.05) is 12.8 Å². The molecular weight excluding hydrogens is 376 g/mol. The maximum atomic E-state index is 11.7. The van der Waals surface area contributed by atoms with Crippen molar-refractivity contribution in [3.63, 3.8) is 0 Å². The molecule has 0 heterocycles. The number of hydrogen-bond acceptors (Lipinski definition) is 4. The third kappa shape index (κ3) is 21.5. The van der Waals surface area contributed by atoms with Crippen molar-refractivity contribution < 1.29 is 19.4 Å². The first kappa shape index (κ1) is 28.8. The number of esters is 2. The molecule has 0 saturated heterocycles. The third-order valence-corrected chi connectivity index (χ3v) is 5.43. The molecule has 1 atom stereocenters. The summed E-state index contributed by atoms with van der Waals surface area (Å²) in [5.41, 5.74) is 0. The topological polar surface area (TPSA) is 63.6 Å². The molecule has 4 nitrogen and oxygen atoms in total. The number of hydrogen-bond donors (Lipinski definition) is 1. The normalized spacial score (nSPS) is 12.4. The molecule has 0 saturated carbocycles. The van der Waals surface area contributed by atoms with Crippen LogP contribution in [0.25, 0.3) is 0 Å². The van der Waals surface area contributed by atoms with Gasteiger partial charge in [-0.3, -0.25) is 9.59 Å². The molecule has 0 rings (SSSR count). The molecule has 0 radical (unpaired) electrons. The molecule has 0 aromatic rings. The lowest BCUT2D eigenvalue weighted by atomic mass is 10.1. The van der Waals surface area contributed by atoms with Gasteiger partial charge in [0.1, 0.15) is 0 Å². The van der Waals surface area contributed by atoms with Crippen LogP contribution in [0.1, 0.15) is 136 Å². The first-order valence-electron chi connectivity index (χ1n) is 12.7. The number of carbonyl (C=O) groups is 2. The molecule has 0 bridgehead atoms. The molecule has 0 aromatic carbocycles. The van der Waals surface area contributed by atoms with Crippen molar-refractivity contribution in [1.29, 1.82) is 0 Å². The Morgan fingerprint density at radius 2 is 1.20 bits per heavy atom. The van der Waals surface area contributed by atoms with Crippen LogP contribution in [0.15, 0.2) is 12.2 Å². The van der Waals surface area contributed by atoms with Crippen LogP contribution in [0.4, 0.5) is 0 Å². The summed E-state index contributed by atoms with van der Waals surface area (Å²) in [4.78, 5) is 23.3. The third-order valence-electron chi connectivity index (χ3n) is 5.43. The van der Waals surface area contributed by atoms with Crippen LogP contribution in [0, 0.1) is 0 Å². The SMILES string of the molecule is CCCCCCCC(=O)OC(=O)CCCCCCC/C=C\C[C@H](O)CCCCCC. The Labute approximate surface area is 185 Å². The van der Waals surface area contributed by atoms with Gasteiger partial charge in [0.2, 0.25) is 0 Å². The molecule has 0 unspecified atom stereocenters. The van der Waals surface area contributed by atoms with Gasteiger partial charge >= 0.3 is 11.9 Å². The summed E-state index contributed by atoms with van der Waals surface area (Å²) in [6, 6.07) is 0. The van der Waals surface area contributed by atoms with Crippen molar-refractivity contribution in [2.24, 2.45) is 0 Å². The van der Waals surface area contributed by atoms with Gasteiger partial charge in [0.25, 0.3) is 0 Å². The van der Waals surface area contributed by atoms with Crippen LogP contribution < -0.4 is 0 Å². The van der Waals surface area contributed by atoms with Crippen molar-refractivity contribution in [2.75, 3.05) is 0 Å². The lowest BCUT2D eigenvalue weighted by molar-refractivity contribution is -0.159. The zero-order valence-corrected chi connectivity index (χ0v) is 19.8. The number of allylic oxidation sites excluding steroid dienone is 1. The molecule has 0 fully saturated rings. The molecule has 0 aliphatic carbocycles. The van der Waals surface area contributed by atoms with E-state index >= 15 is 0 Å². The smallest absolute Gasteiger partial charge is 0.313 e. The zero-order valence-electron chi connectivity index (χ0n) is 19.8. The second-order valence-electron chi connectivity index (χ2n) is 8.53. The van der Waals surface area contributed by atoms with E-state index in [1.807, 2.05) is 0 Å². The van der Waals surface area contributed by atoms with E-state index in [9.17, 15) is 14.7 Å². The zero-order chi connectivity index (χ0) is 22.3. The van der Waals surface area contributed by atoms with Gasteiger partial charge in [-0.15, -0.1) is 0 Å². The molecule has 0 aromatic heterocycles. The Bertz CT molecular complexity index is 431. The monoisotopic (exact) mass is 424 g/mol. The highest BCUT2D eigenvalue weighted by molar-refractivity contribution is 5.85. The number of aliphatic hydroxyl groups is 1. The Morgan fingerprint density at radius 3 is 1.80 bits per heavy atom. The molecule has 1 N–H and O–H groups in total. The summed E-state index contributed by atoms with van der Waals surface area (Å²) < 4.78 is 4.88. The van der Waals surface area contributed by atoms with E-state index in [1.165, 1.54) is 32.1 Å². The van der Waals surface area contributed by atoms with Crippen LogP contribution in [0.2, 0.25) is 0 Å². The quantitative estimate of drug-likeness (QED) is 0.0900. The molecule has 4 heteroatoms. The first-order valence-corrected chi connectivity index (χ1v) is 12.7. The van der Waals surface area contributed by atoms with E-state index in [1.54, 1.807) is 0 Å². The Kier molecular flexibility index (Phi) is 21.7. The second kappa shape index (κ2) is 22.5. The van der Waals surface area contributed by atoms with E-state index in [0.717, 1.165) is 77.0 Å². The predicted molar refractivity (Wildman–Crippen MR) is 125 cm³/mol. The lowest BCUT2D eigenvalue weighted by Gasteiger charge is -2.07. The van der Waals surface area contributed by atoms with Crippen LogP contribution in [0.5, 0.6) is 0 Å². The van der Waals surface area contributed by atoms with Crippen molar-refractivity contribution >= 4 is 11.9 Å². The van der Waals surface area contributed by atoms with Crippen LogP contribution in [0.3, 0.4) is 0 Å². The van der Waals surface area contributed by atoms with Gasteiger partial charge in [-0.25, -0.2) is 0 Å². The van der Waals surface area contributed by atoms with Crippen LogP contribution in [-0.2, 0) is 14.3 Å². The van der Waals surface area contributed by atoms with E-state index in [2.05, 4.69) is 26.0 Å². The minimum Gasteiger partial charge on any atom is -0.393 e. The number of aliphatic hydroxyl groups excluding tert-OH is 1. The van der Waals surface area contributed by atoms with Gasteiger partial charge in [-0.2, -0.15) is 0 Å². The number of unbranched alkanes of at least 4 members (excludes halogenated alkanes) is 12. The predicted octanol–water partition coefficient (Wildman–Crippen LogP) is 7.43. The minimum atomic E-state index is -0.371. The Hall–Kier alpha value is -1.16. The minimum absolute atomic E-state index is 0.189. The number of carbonyl (C=O) groups excluding carboxylic acids is 2. The molecular formula is C26H48O4. The van der Waals surface area contributed by atoms with Crippen LogP contribution in [-0.4, -0.2) is 23.1 Å². The van der Waals surface area contributed by atoms with Crippen molar-refractivity contribution in [3.05, 3.63) is 12.2 Å². The van der Waals surface area contributed by atoms with Crippen molar-refractivity contribution in [1.82, 2.24) is 0 Å². The van der Waals surface area contributed by atoms with Gasteiger partial charge in [-0.05, 0) is 38.5 Å². The molecule has 30 heavy (non-hydrogen) atoms. The van der Waals surface area contributed by atoms with E-state index < -0.39 is 0 Å². The first-order chi connectivity index (χ1) is 14.6. The molecule has 0 aliphatic rings. The fourth-order valence-corrected chi connectivity index (χ4v) is 3.46. The number of rotatable bonds is 21. The Morgan fingerprint density at radius 1 is 0.700 bits per heavy atom. The highest BCUT2D eigenvalue weighted by Gasteiger charge is 2.09. The molecule has 0 spiro atoms. The van der Waals surface area contributed by atoms with Gasteiger partial charge in [-0.1, -0.05) is 96.6 Å². The fourth-order valence-electron chi connectivity index (χ4n) is 3.46. The average Bonchev–Trinajstić information content (AvgIpc) is 2.72. The van der Waals surface area contributed by atoms with E-state index in [-0.39, 0.29) is 18.0 Å². The standard InChI is InChI=1S/C26H48O4/c1-3-5-7-13-18-22-25(28)30-26(29)23-19-15-12-10-9-11-14-17-21-24(27)20-16-8-6-4-2/h14,17,24,27H,3-13,15-16,18-23H2,1-2H3/b17-14-/t24-/m1/s1. The summed E-state index contributed by atoms with van der Waals surface area (Å²) in [7, 11) is 0. The summed E-state index contributed by atoms with van der Waals surface area (Å²) in [6.07, 6.45) is 23.0. The fraction of sp³-hybridized carbons (Fsp3) is 0.846. The molecule has 0 amide bonds. The van der Waals surface area contributed by atoms with Gasteiger partial charge < -0.3 is 9.84 Å². The second-order valence-corrected chi connectivity index (χ2v) is 8.53. The van der Waals surface area contributed by atoms with E-state index in [4.69, 9.17) is 4.74 Å². The Balaban J connectivity index is 3.43. The van der Waals surface area contributed by atoms with E-state index in [0.29, 0.717) is 12.8 Å². The van der Waals surface area contributed by atoms with Crippen molar-refractivity contribution in [2.45, 2.75) is 142 Å². The highest BCUT2D eigenvalue weighted by Crippen LogP contribution is 2.11. The summed E-state index contributed by atoms with van der Waals surface area (Å²) in [5, 5.41) is 9.91. The summed E-state index contributed by atoms with van der Waals surface area (Å²) in [6.45, 7) is 4.36. The van der Waals surface area contributed by atoms with Gasteiger partial charge in [0.05, 0.1) is 6.10 Å².